The van der Waals surface area contributed by atoms with Crippen LogP contribution < -0.4 is 20.5 Å². The molecule has 2 aromatic heterocycles. The Hall–Kier alpha value is -4.19. The van der Waals surface area contributed by atoms with Gasteiger partial charge in [-0.1, -0.05) is 17.7 Å². The maximum atomic E-state index is 12.6. The monoisotopic (exact) mass is 542 g/mol. The zero-order valence-electron chi connectivity index (χ0n) is 20.9. The van der Waals surface area contributed by atoms with E-state index in [0.717, 1.165) is 10.9 Å². The fraction of sp³-hybridized carbons (Fsp3) is 0.360. The van der Waals surface area contributed by atoms with Gasteiger partial charge in [0.15, 0.2) is 12.4 Å². The minimum atomic E-state index is -0.950. The molecule has 4 rings (SSSR count). The van der Waals surface area contributed by atoms with Crippen LogP contribution in [-0.4, -0.2) is 82.2 Å². The summed E-state index contributed by atoms with van der Waals surface area (Å²) in [6.45, 7) is 0.785. The normalized spacial score (nSPS) is 13.6. The molecule has 1 saturated heterocycles. The number of halogens is 1. The number of hydrogen-bond acceptors (Lipinski definition) is 8. The van der Waals surface area contributed by atoms with Gasteiger partial charge in [0.05, 0.1) is 35.4 Å². The van der Waals surface area contributed by atoms with Crippen LogP contribution in [0.4, 0.5) is 5.95 Å². The summed E-state index contributed by atoms with van der Waals surface area (Å²) in [6, 6.07) is 7.19. The second kappa shape index (κ2) is 11.5. The largest absolute Gasteiger partial charge is 0.481 e. The molecule has 13 heteroatoms. The predicted molar refractivity (Wildman–Crippen MR) is 140 cm³/mol. The summed E-state index contributed by atoms with van der Waals surface area (Å²) in [7, 11) is 3.12. The predicted octanol–water partition coefficient (Wildman–Crippen LogP) is 0.821. The summed E-state index contributed by atoms with van der Waals surface area (Å²) in [4.78, 5) is 59.6. The number of nitrogens with zero attached hydrogens (tertiary/aromatic N) is 5. The van der Waals surface area contributed by atoms with Crippen molar-refractivity contribution in [3.05, 3.63) is 57.1 Å². The molecule has 1 aliphatic rings. The van der Waals surface area contributed by atoms with Gasteiger partial charge in [-0.2, -0.15) is 0 Å². The number of likely N-dealkylation sites (N-methyl/N-ethyl adjacent to an activating group) is 1. The highest BCUT2D eigenvalue weighted by atomic mass is 35.5. The number of carboxylic acids is 1. The van der Waals surface area contributed by atoms with Crippen LogP contribution in [0.3, 0.4) is 0 Å². The van der Waals surface area contributed by atoms with Gasteiger partial charge >= 0.3 is 5.97 Å². The summed E-state index contributed by atoms with van der Waals surface area (Å²) in [5.74, 6) is -1.06. The number of amides is 2. The number of piperazine rings is 1. The average Bonchev–Trinajstić information content (AvgIpc) is 2.90. The average molecular weight is 543 g/mol. The Labute approximate surface area is 222 Å². The van der Waals surface area contributed by atoms with Crippen molar-refractivity contribution < 1.29 is 24.2 Å². The Morgan fingerprint density at radius 2 is 2.00 bits per heavy atom. The van der Waals surface area contributed by atoms with E-state index in [4.69, 9.17) is 21.4 Å². The smallest absolute Gasteiger partial charge is 0.305 e. The first-order chi connectivity index (χ1) is 18.2. The Bertz CT molecular complexity index is 1460. The summed E-state index contributed by atoms with van der Waals surface area (Å²) in [6.07, 6.45) is 1.76. The molecule has 2 N–H and O–H groups in total. The lowest BCUT2D eigenvalue weighted by Gasteiger charge is -2.34. The third-order valence-electron chi connectivity index (χ3n) is 6.27. The zero-order valence-corrected chi connectivity index (χ0v) is 21.7. The molecular formula is C25H27ClN6O6. The molecule has 0 saturated carbocycles. The van der Waals surface area contributed by atoms with Crippen LogP contribution in [0.5, 0.6) is 5.75 Å². The van der Waals surface area contributed by atoms with Gasteiger partial charge in [-0.3, -0.25) is 19.2 Å². The molecule has 0 bridgehead atoms. The van der Waals surface area contributed by atoms with Crippen LogP contribution in [0.15, 0.2) is 35.3 Å². The molecule has 3 aromatic rings. The van der Waals surface area contributed by atoms with Gasteiger partial charge in [-0.25, -0.2) is 9.97 Å². The fourth-order valence-corrected chi connectivity index (χ4v) is 4.30. The molecule has 0 radical (unpaired) electrons. The lowest BCUT2D eigenvalue weighted by Crippen LogP contribution is -2.51. The molecule has 12 nitrogen and oxygen atoms in total. The number of carboxylic acid groups (broad SMARTS) is 1. The van der Waals surface area contributed by atoms with Crippen molar-refractivity contribution >= 4 is 46.2 Å². The van der Waals surface area contributed by atoms with Crippen molar-refractivity contribution in [1.82, 2.24) is 24.8 Å². The van der Waals surface area contributed by atoms with Crippen LogP contribution in [-0.2, 0) is 27.9 Å². The van der Waals surface area contributed by atoms with Crippen LogP contribution >= 0.6 is 11.6 Å². The molecular weight excluding hydrogens is 516 g/mol. The van der Waals surface area contributed by atoms with Crippen LogP contribution in [0.25, 0.3) is 10.9 Å². The molecule has 2 amide bonds. The minimum Gasteiger partial charge on any atom is -0.481 e. The van der Waals surface area contributed by atoms with Crippen LogP contribution in [0, 0.1) is 0 Å². The Morgan fingerprint density at radius 1 is 1.21 bits per heavy atom. The number of carbonyl (C=O) groups is 3. The number of anilines is 1. The summed E-state index contributed by atoms with van der Waals surface area (Å²) < 4.78 is 6.89. The van der Waals surface area contributed by atoms with E-state index in [0.29, 0.717) is 41.7 Å². The van der Waals surface area contributed by atoms with E-state index in [9.17, 15) is 19.2 Å². The minimum absolute atomic E-state index is 0.0452. The number of rotatable bonds is 9. The maximum absolute atomic E-state index is 12.6. The van der Waals surface area contributed by atoms with Gasteiger partial charge in [0.1, 0.15) is 0 Å². The first-order valence-electron chi connectivity index (χ1n) is 11.9. The second-order valence-electron chi connectivity index (χ2n) is 8.82. The number of nitrogens with one attached hydrogen (secondary N) is 1. The van der Waals surface area contributed by atoms with Crippen molar-refractivity contribution in [3.63, 3.8) is 0 Å². The van der Waals surface area contributed by atoms with Crippen LogP contribution in [0.2, 0.25) is 5.02 Å². The van der Waals surface area contributed by atoms with Crippen LogP contribution in [0.1, 0.15) is 17.7 Å². The van der Waals surface area contributed by atoms with Gasteiger partial charge < -0.3 is 29.5 Å². The van der Waals surface area contributed by atoms with Gasteiger partial charge in [0, 0.05) is 45.5 Å². The Balaban J connectivity index is 1.54. The Morgan fingerprint density at radius 3 is 2.71 bits per heavy atom. The van der Waals surface area contributed by atoms with E-state index < -0.39 is 5.97 Å². The molecule has 38 heavy (non-hydrogen) atoms. The Kier molecular flexibility index (Phi) is 8.10. The van der Waals surface area contributed by atoms with Crippen molar-refractivity contribution in [2.24, 2.45) is 7.05 Å². The highest BCUT2D eigenvalue weighted by Gasteiger charge is 2.26. The van der Waals surface area contributed by atoms with Crippen molar-refractivity contribution in [3.8, 4) is 5.75 Å². The first kappa shape index (κ1) is 26.9. The molecule has 1 fully saturated rings. The van der Waals surface area contributed by atoms with Crippen molar-refractivity contribution in [2.75, 3.05) is 44.7 Å². The summed E-state index contributed by atoms with van der Waals surface area (Å²) in [5, 5.41) is 12.4. The maximum Gasteiger partial charge on any atom is 0.305 e. The van der Waals surface area contributed by atoms with Crippen molar-refractivity contribution in [1.29, 1.82) is 0 Å². The number of hydrogen-bond donors (Lipinski definition) is 2. The topological polar surface area (TPSA) is 147 Å². The zero-order chi connectivity index (χ0) is 27.4. The van der Waals surface area contributed by atoms with Crippen molar-refractivity contribution in [2.45, 2.75) is 12.8 Å². The molecule has 0 spiro atoms. The van der Waals surface area contributed by atoms with Gasteiger partial charge in [-0.15, -0.1) is 0 Å². The number of benzene rings is 1. The molecule has 0 aliphatic carbocycles. The summed E-state index contributed by atoms with van der Waals surface area (Å²) in [5.41, 5.74) is 1.78. The molecule has 0 atom stereocenters. The number of aliphatic carboxylic acids is 1. The van der Waals surface area contributed by atoms with E-state index in [1.54, 1.807) is 18.0 Å². The molecule has 200 valence electrons. The number of fused-ring (bicyclic) bond motifs is 1. The third kappa shape index (κ3) is 6.02. The van der Waals surface area contributed by atoms with E-state index in [-0.39, 0.29) is 49.2 Å². The highest BCUT2D eigenvalue weighted by Crippen LogP contribution is 2.24. The quantitative estimate of drug-likeness (QED) is 0.401. The highest BCUT2D eigenvalue weighted by molar-refractivity contribution is 6.31. The lowest BCUT2D eigenvalue weighted by atomic mass is 10.1. The van der Waals surface area contributed by atoms with E-state index in [1.165, 1.54) is 22.7 Å². The third-order valence-corrected chi connectivity index (χ3v) is 6.58. The summed E-state index contributed by atoms with van der Waals surface area (Å²) >= 11 is 6.40. The molecule has 0 unspecified atom stereocenters. The first-order valence-corrected chi connectivity index (χ1v) is 12.3. The number of carbonyl (C=O) groups excluding carboxylic acids is 2. The standard InChI is InChI=1S/C25H27ClN6O6/c1-27-21(33)14-38-20-11-16-9-15(3-4-19(16)30(2)24(20)37)10-18-17(26)12-28-25(29-18)32-8-7-31(22(34)13-32)6-5-23(35)36/h3-4,9,11-12H,5-8,10,13-14H2,1-2H3,(H,27,33)(H,35,36). The fourth-order valence-electron chi connectivity index (χ4n) is 4.14. The SMILES string of the molecule is CNC(=O)COc1cc2cc(Cc3nc(N4CCN(CCC(=O)O)C(=O)C4)ncc3Cl)ccc2n(C)c1=O. The van der Waals surface area contributed by atoms with E-state index in [1.807, 2.05) is 18.2 Å². The number of aromatic nitrogens is 3. The second-order valence-corrected chi connectivity index (χ2v) is 9.22. The van der Waals surface area contributed by atoms with E-state index in [2.05, 4.69) is 15.3 Å². The van der Waals surface area contributed by atoms with E-state index >= 15 is 0 Å². The van der Waals surface area contributed by atoms with Gasteiger partial charge in [0.25, 0.3) is 11.5 Å². The van der Waals surface area contributed by atoms with Gasteiger partial charge in [0.2, 0.25) is 11.9 Å². The molecule has 3 heterocycles. The molecule has 1 aliphatic heterocycles. The molecule has 1 aromatic carbocycles. The van der Waals surface area contributed by atoms with Gasteiger partial charge in [-0.05, 0) is 23.8 Å². The number of pyridine rings is 1. The lowest BCUT2D eigenvalue weighted by molar-refractivity contribution is -0.138. The number of aryl methyl sites for hydroxylation is 1. The number of ether oxygens (including phenoxy) is 1.